The lowest BCUT2D eigenvalue weighted by Gasteiger charge is -2.24. The van der Waals surface area contributed by atoms with E-state index in [-0.39, 0.29) is 12.1 Å². The number of urea groups is 2. The minimum Gasteiger partial charge on any atom is -0.494 e. The molecular weight excluding hydrogens is 468 g/mol. The van der Waals surface area contributed by atoms with Gasteiger partial charge in [0.15, 0.2) is 0 Å². The Bertz CT molecular complexity index is 1090. The Morgan fingerprint density at radius 3 is 2.03 bits per heavy atom. The lowest BCUT2D eigenvalue weighted by Crippen LogP contribution is -2.39. The molecule has 0 heterocycles. The van der Waals surface area contributed by atoms with Gasteiger partial charge in [0, 0.05) is 31.0 Å². The highest BCUT2D eigenvalue weighted by Crippen LogP contribution is 2.25. The second-order valence-corrected chi connectivity index (χ2v) is 8.34. The number of para-hydroxylation sites is 1. The highest BCUT2D eigenvalue weighted by Gasteiger charge is 2.16. The van der Waals surface area contributed by atoms with Crippen LogP contribution in [0.4, 0.5) is 21.0 Å². The van der Waals surface area contributed by atoms with Crippen LogP contribution in [0.25, 0.3) is 0 Å². The standard InChI is InChI=1S/C29H36N4O4/c1-3-5-20-30-28(34)31-21-9-22-33(29(35)32-23-12-16-25(17-13-23)36-4-2)24-14-18-27(19-15-24)37-26-10-7-6-8-11-26/h6-8,10-19H,3-5,9,20-22H2,1-2H3,(H,32,35)(H2,30,31,34). The molecule has 0 unspecified atom stereocenters. The Kier molecular flexibility index (Phi) is 11.1. The van der Waals surface area contributed by atoms with Gasteiger partial charge in [-0.25, -0.2) is 9.59 Å². The first-order valence-corrected chi connectivity index (χ1v) is 12.7. The van der Waals surface area contributed by atoms with Gasteiger partial charge < -0.3 is 25.4 Å². The number of anilines is 2. The first-order valence-electron chi connectivity index (χ1n) is 12.7. The molecule has 0 fully saturated rings. The highest BCUT2D eigenvalue weighted by molar-refractivity contribution is 6.01. The minimum atomic E-state index is -0.270. The third kappa shape index (κ3) is 9.40. The number of benzene rings is 3. The van der Waals surface area contributed by atoms with Crippen molar-refractivity contribution in [3.05, 3.63) is 78.9 Å². The lowest BCUT2D eigenvalue weighted by atomic mass is 10.2. The molecule has 3 aromatic carbocycles. The van der Waals surface area contributed by atoms with E-state index in [1.54, 1.807) is 17.0 Å². The van der Waals surface area contributed by atoms with Crippen molar-refractivity contribution in [2.75, 3.05) is 36.5 Å². The zero-order chi connectivity index (χ0) is 26.3. The van der Waals surface area contributed by atoms with Crippen LogP contribution in [0.1, 0.15) is 33.1 Å². The summed E-state index contributed by atoms with van der Waals surface area (Å²) >= 11 is 0. The second kappa shape index (κ2) is 15.0. The van der Waals surface area contributed by atoms with Crippen LogP contribution >= 0.6 is 0 Å². The number of hydrogen-bond acceptors (Lipinski definition) is 4. The van der Waals surface area contributed by atoms with Crippen LogP contribution in [0.2, 0.25) is 0 Å². The van der Waals surface area contributed by atoms with Gasteiger partial charge in [-0.1, -0.05) is 31.5 Å². The maximum atomic E-state index is 13.3. The molecule has 8 heteroatoms. The molecule has 4 amide bonds. The monoisotopic (exact) mass is 504 g/mol. The zero-order valence-corrected chi connectivity index (χ0v) is 21.5. The fraction of sp³-hybridized carbons (Fsp3) is 0.310. The second-order valence-electron chi connectivity index (χ2n) is 8.34. The van der Waals surface area contributed by atoms with E-state index >= 15 is 0 Å². The summed E-state index contributed by atoms with van der Waals surface area (Å²) in [5, 5.41) is 8.63. The quantitative estimate of drug-likeness (QED) is 0.235. The van der Waals surface area contributed by atoms with E-state index in [0.29, 0.717) is 44.1 Å². The number of nitrogens with one attached hydrogen (secondary N) is 3. The smallest absolute Gasteiger partial charge is 0.326 e. The average molecular weight is 505 g/mol. The SMILES string of the molecule is CCCCNC(=O)NCCCN(C(=O)Nc1ccc(OCC)cc1)c1ccc(Oc2ccccc2)cc1. The Labute approximate surface area is 219 Å². The van der Waals surface area contributed by atoms with Crippen LogP contribution < -0.4 is 30.3 Å². The summed E-state index contributed by atoms with van der Waals surface area (Å²) in [5.74, 6) is 2.16. The van der Waals surface area contributed by atoms with Gasteiger partial charge in [0.1, 0.15) is 17.2 Å². The van der Waals surface area contributed by atoms with Crippen LogP contribution in [-0.2, 0) is 0 Å². The molecule has 0 atom stereocenters. The Balaban J connectivity index is 1.64. The number of carbonyl (C=O) groups excluding carboxylic acids is 2. The summed E-state index contributed by atoms with van der Waals surface area (Å²) in [5.41, 5.74) is 1.38. The van der Waals surface area contributed by atoms with Gasteiger partial charge in [-0.15, -0.1) is 0 Å². The number of unbranched alkanes of at least 4 members (excludes halogenated alkanes) is 1. The molecule has 8 nitrogen and oxygen atoms in total. The highest BCUT2D eigenvalue weighted by atomic mass is 16.5. The minimum absolute atomic E-state index is 0.193. The molecule has 0 aromatic heterocycles. The summed E-state index contributed by atoms with van der Waals surface area (Å²) in [6, 6.07) is 23.7. The Morgan fingerprint density at radius 2 is 1.38 bits per heavy atom. The topological polar surface area (TPSA) is 91.9 Å². The number of nitrogens with zero attached hydrogens (tertiary/aromatic N) is 1. The van der Waals surface area contributed by atoms with Gasteiger partial charge in [-0.05, 0) is 80.4 Å². The lowest BCUT2D eigenvalue weighted by molar-refractivity contribution is 0.240. The van der Waals surface area contributed by atoms with E-state index in [0.717, 1.165) is 30.0 Å². The van der Waals surface area contributed by atoms with Gasteiger partial charge in [0.2, 0.25) is 0 Å². The normalized spacial score (nSPS) is 10.3. The number of rotatable bonds is 13. The van der Waals surface area contributed by atoms with E-state index in [1.165, 1.54) is 0 Å². The van der Waals surface area contributed by atoms with E-state index in [4.69, 9.17) is 9.47 Å². The molecule has 3 rings (SSSR count). The van der Waals surface area contributed by atoms with Crippen LogP contribution in [0.15, 0.2) is 78.9 Å². The van der Waals surface area contributed by atoms with Crippen molar-refractivity contribution in [2.24, 2.45) is 0 Å². The molecule has 0 saturated heterocycles. The van der Waals surface area contributed by atoms with Crippen LogP contribution in [0, 0.1) is 0 Å². The average Bonchev–Trinajstić information content (AvgIpc) is 2.91. The van der Waals surface area contributed by atoms with Crippen molar-refractivity contribution >= 4 is 23.4 Å². The molecular formula is C29H36N4O4. The first kappa shape index (κ1) is 27.4. The molecule has 196 valence electrons. The van der Waals surface area contributed by atoms with E-state index in [1.807, 2.05) is 73.7 Å². The number of amides is 4. The number of ether oxygens (including phenoxy) is 2. The van der Waals surface area contributed by atoms with E-state index in [2.05, 4.69) is 22.9 Å². The van der Waals surface area contributed by atoms with Crippen LogP contribution in [-0.4, -0.2) is 38.3 Å². The molecule has 3 N–H and O–H groups in total. The fourth-order valence-corrected chi connectivity index (χ4v) is 3.54. The summed E-state index contributed by atoms with van der Waals surface area (Å²) in [7, 11) is 0. The van der Waals surface area contributed by atoms with Gasteiger partial charge in [0.25, 0.3) is 0 Å². The summed E-state index contributed by atoms with van der Waals surface area (Å²) in [6.07, 6.45) is 2.55. The molecule has 0 aliphatic rings. The van der Waals surface area contributed by atoms with Crippen LogP contribution in [0.5, 0.6) is 17.2 Å². The molecule has 3 aromatic rings. The van der Waals surface area contributed by atoms with Gasteiger partial charge in [-0.3, -0.25) is 4.90 Å². The fourth-order valence-electron chi connectivity index (χ4n) is 3.54. The molecule has 0 aliphatic carbocycles. The maximum Gasteiger partial charge on any atom is 0.326 e. The zero-order valence-electron chi connectivity index (χ0n) is 21.5. The van der Waals surface area contributed by atoms with Crippen molar-refractivity contribution in [1.29, 1.82) is 0 Å². The Morgan fingerprint density at radius 1 is 0.757 bits per heavy atom. The van der Waals surface area contributed by atoms with Crippen molar-refractivity contribution in [3.63, 3.8) is 0 Å². The predicted molar refractivity (Wildman–Crippen MR) is 148 cm³/mol. The molecule has 37 heavy (non-hydrogen) atoms. The summed E-state index contributed by atoms with van der Waals surface area (Å²) in [6.45, 7) is 6.09. The predicted octanol–water partition coefficient (Wildman–Crippen LogP) is 6.41. The largest absolute Gasteiger partial charge is 0.494 e. The number of hydrogen-bond donors (Lipinski definition) is 3. The Hall–Kier alpha value is -4.20. The van der Waals surface area contributed by atoms with Gasteiger partial charge >= 0.3 is 12.1 Å². The molecule has 0 aliphatic heterocycles. The van der Waals surface area contributed by atoms with E-state index in [9.17, 15) is 9.59 Å². The maximum absolute atomic E-state index is 13.3. The van der Waals surface area contributed by atoms with Crippen molar-refractivity contribution < 1.29 is 19.1 Å². The van der Waals surface area contributed by atoms with Crippen molar-refractivity contribution in [2.45, 2.75) is 33.1 Å². The number of carbonyl (C=O) groups is 2. The van der Waals surface area contributed by atoms with Crippen molar-refractivity contribution in [1.82, 2.24) is 10.6 Å². The van der Waals surface area contributed by atoms with E-state index < -0.39 is 0 Å². The third-order valence-electron chi connectivity index (χ3n) is 5.45. The third-order valence-corrected chi connectivity index (χ3v) is 5.45. The van der Waals surface area contributed by atoms with Crippen molar-refractivity contribution in [3.8, 4) is 17.2 Å². The molecule has 0 spiro atoms. The van der Waals surface area contributed by atoms with Gasteiger partial charge in [-0.2, -0.15) is 0 Å². The summed E-state index contributed by atoms with van der Waals surface area (Å²) in [4.78, 5) is 26.8. The molecule has 0 radical (unpaired) electrons. The summed E-state index contributed by atoms with van der Waals surface area (Å²) < 4.78 is 11.4. The first-order chi connectivity index (χ1) is 18.1. The molecule has 0 bridgehead atoms. The molecule has 0 saturated carbocycles. The van der Waals surface area contributed by atoms with Crippen LogP contribution in [0.3, 0.4) is 0 Å². The van der Waals surface area contributed by atoms with Gasteiger partial charge in [0.05, 0.1) is 6.61 Å².